The Morgan fingerprint density at radius 1 is 1.47 bits per heavy atom. The van der Waals surface area contributed by atoms with Crippen LogP contribution < -0.4 is 5.32 Å². The van der Waals surface area contributed by atoms with Crippen LogP contribution in [0.1, 0.15) is 25.3 Å². The average molecular weight is 272 g/mol. The molecule has 3 heteroatoms. The van der Waals surface area contributed by atoms with Crippen molar-refractivity contribution >= 4 is 15.9 Å². The Bertz CT molecular complexity index is 345. The van der Waals surface area contributed by atoms with Crippen molar-refractivity contribution in [1.29, 1.82) is 0 Å². The van der Waals surface area contributed by atoms with Gasteiger partial charge >= 0.3 is 0 Å². The summed E-state index contributed by atoms with van der Waals surface area (Å²) in [5.74, 6) is 0. The van der Waals surface area contributed by atoms with Crippen LogP contribution >= 0.6 is 15.9 Å². The smallest absolute Gasteiger partial charge is 0.149 e. The second-order valence-corrected chi connectivity index (χ2v) is 5.06. The fourth-order valence-corrected chi connectivity index (χ4v) is 2.87. The molecule has 0 amide bonds. The van der Waals surface area contributed by atoms with E-state index in [0.717, 1.165) is 29.4 Å². The van der Waals surface area contributed by atoms with Crippen LogP contribution in [0.5, 0.6) is 0 Å². The maximum Gasteiger partial charge on any atom is 0.149 e. The van der Waals surface area contributed by atoms with Crippen LogP contribution in [0.15, 0.2) is 28.7 Å². The van der Waals surface area contributed by atoms with E-state index in [2.05, 4.69) is 21.2 Å². The second-order valence-electron chi connectivity index (χ2n) is 4.20. The quantitative estimate of drug-likeness (QED) is 0.870. The van der Waals surface area contributed by atoms with Crippen molar-refractivity contribution in [2.24, 2.45) is 0 Å². The molecule has 15 heavy (non-hydrogen) atoms. The van der Waals surface area contributed by atoms with Crippen molar-refractivity contribution in [3.8, 4) is 0 Å². The number of alkyl halides is 1. The summed E-state index contributed by atoms with van der Waals surface area (Å²) >= 11 is 3.41. The first kappa shape index (κ1) is 11.1. The minimum absolute atomic E-state index is 0.0591. The van der Waals surface area contributed by atoms with E-state index in [4.69, 9.17) is 0 Å². The molecule has 2 rings (SSSR count). The summed E-state index contributed by atoms with van der Waals surface area (Å²) in [5, 5.41) is 3.23. The Kier molecular flexibility index (Phi) is 3.12. The average Bonchev–Trinajstić information content (AvgIpc) is 2.71. The van der Waals surface area contributed by atoms with Gasteiger partial charge in [-0.1, -0.05) is 34.1 Å². The summed E-state index contributed by atoms with van der Waals surface area (Å²) in [6.07, 6.45) is 1.98. The van der Waals surface area contributed by atoms with Gasteiger partial charge in [-0.2, -0.15) is 0 Å². The van der Waals surface area contributed by atoms with E-state index >= 15 is 0 Å². The van der Waals surface area contributed by atoms with Crippen molar-refractivity contribution in [2.45, 2.75) is 31.5 Å². The summed E-state index contributed by atoms with van der Waals surface area (Å²) in [5.41, 5.74) is -0.555. The Labute approximate surface area is 98.2 Å². The predicted molar refractivity (Wildman–Crippen MR) is 63.6 cm³/mol. The lowest BCUT2D eigenvalue weighted by atomic mass is 9.89. The number of rotatable bonds is 2. The highest BCUT2D eigenvalue weighted by Gasteiger charge is 2.38. The molecule has 1 heterocycles. The van der Waals surface area contributed by atoms with Gasteiger partial charge in [0, 0.05) is 16.1 Å². The standard InChI is InChI=1S/C12H15BrFN/c1-12(14,11-7-4-8-15-11)9-5-2-3-6-10(9)13/h2-3,5-6,11,15H,4,7-8H2,1H3. The molecule has 0 radical (unpaired) electrons. The topological polar surface area (TPSA) is 12.0 Å². The molecule has 1 saturated heterocycles. The zero-order chi connectivity index (χ0) is 10.9. The van der Waals surface area contributed by atoms with Gasteiger partial charge in [-0.25, -0.2) is 4.39 Å². The molecule has 2 unspecified atom stereocenters. The lowest BCUT2D eigenvalue weighted by Crippen LogP contribution is -2.39. The number of halogens is 2. The largest absolute Gasteiger partial charge is 0.311 e. The predicted octanol–water partition coefficient (Wildman–Crippen LogP) is 3.39. The van der Waals surface area contributed by atoms with Crippen LogP contribution in [0, 0.1) is 0 Å². The molecule has 2 atom stereocenters. The molecule has 1 aromatic rings. The lowest BCUT2D eigenvalue weighted by molar-refractivity contribution is 0.136. The Balaban J connectivity index is 2.31. The molecular weight excluding hydrogens is 257 g/mol. The zero-order valence-electron chi connectivity index (χ0n) is 8.76. The van der Waals surface area contributed by atoms with E-state index in [0.29, 0.717) is 0 Å². The van der Waals surface area contributed by atoms with E-state index in [1.807, 2.05) is 24.3 Å². The van der Waals surface area contributed by atoms with Crippen molar-refractivity contribution in [3.05, 3.63) is 34.3 Å². The van der Waals surface area contributed by atoms with Crippen molar-refractivity contribution in [1.82, 2.24) is 5.32 Å². The fraction of sp³-hybridized carbons (Fsp3) is 0.500. The van der Waals surface area contributed by atoms with Gasteiger partial charge in [-0.05, 0) is 32.4 Å². The highest BCUT2D eigenvalue weighted by atomic mass is 79.9. The highest BCUT2D eigenvalue weighted by Crippen LogP contribution is 2.37. The minimum atomic E-state index is -1.30. The van der Waals surface area contributed by atoms with Gasteiger partial charge in [0.15, 0.2) is 0 Å². The first-order chi connectivity index (χ1) is 7.12. The molecule has 0 saturated carbocycles. The van der Waals surface area contributed by atoms with Gasteiger partial charge < -0.3 is 5.32 Å². The number of benzene rings is 1. The third kappa shape index (κ3) is 2.08. The molecule has 0 aromatic heterocycles. The lowest BCUT2D eigenvalue weighted by Gasteiger charge is -2.28. The van der Waals surface area contributed by atoms with Crippen LogP contribution in [0.3, 0.4) is 0 Å². The van der Waals surface area contributed by atoms with Crippen LogP contribution in [0.4, 0.5) is 4.39 Å². The normalized spacial score (nSPS) is 25.1. The number of nitrogens with one attached hydrogen (secondary N) is 1. The molecular formula is C12H15BrFN. The van der Waals surface area contributed by atoms with Gasteiger partial charge in [-0.3, -0.25) is 0 Å². The van der Waals surface area contributed by atoms with Crippen molar-refractivity contribution in [2.75, 3.05) is 6.54 Å². The van der Waals surface area contributed by atoms with Gasteiger partial charge in [0.1, 0.15) is 5.67 Å². The van der Waals surface area contributed by atoms with Gasteiger partial charge in [-0.15, -0.1) is 0 Å². The highest BCUT2D eigenvalue weighted by molar-refractivity contribution is 9.10. The van der Waals surface area contributed by atoms with Gasteiger partial charge in [0.05, 0.1) is 0 Å². The Morgan fingerprint density at radius 2 is 2.20 bits per heavy atom. The second kappa shape index (κ2) is 4.22. The minimum Gasteiger partial charge on any atom is -0.311 e. The number of hydrogen-bond acceptors (Lipinski definition) is 1. The molecule has 1 fully saturated rings. The molecule has 1 aliphatic rings. The fourth-order valence-electron chi connectivity index (χ4n) is 2.19. The van der Waals surface area contributed by atoms with Gasteiger partial charge in [0.25, 0.3) is 0 Å². The molecule has 0 spiro atoms. The monoisotopic (exact) mass is 271 g/mol. The molecule has 1 aromatic carbocycles. The third-order valence-electron chi connectivity index (χ3n) is 3.12. The van der Waals surface area contributed by atoms with Crippen LogP contribution in [-0.4, -0.2) is 12.6 Å². The molecule has 0 aliphatic carbocycles. The third-order valence-corrected chi connectivity index (χ3v) is 3.81. The van der Waals surface area contributed by atoms with Crippen molar-refractivity contribution < 1.29 is 4.39 Å². The molecule has 1 aliphatic heterocycles. The van der Waals surface area contributed by atoms with Gasteiger partial charge in [0.2, 0.25) is 0 Å². The first-order valence-electron chi connectivity index (χ1n) is 5.29. The Morgan fingerprint density at radius 3 is 2.80 bits per heavy atom. The summed E-state index contributed by atoms with van der Waals surface area (Å²) in [6.45, 7) is 2.59. The van der Waals surface area contributed by atoms with E-state index in [1.54, 1.807) is 6.92 Å². The van der Waals surface area contributed by atoms with Crippen LogP contribution in [-0.2, 0) is 5.67 Å². The molecule has 0 bridgehead atoms. The van der Waals surface area contributed by atoms with E-state index in [9.17, 15) is 4.39 Å². The first-order valence-corrected chi connectivity index (χ1v) is 6.09. The van der Waals surface area contributed by atoms with Crippen LogP contribution in [0.25, 0.3) is 0 Å². The molecule has 82 valence electrons. The summed E-state index contributed by atoms with van der Waals surface area (Å²) < 4.78 is 15.5. The molecule has 1 nitrogen and oxygen atoms in total. The number of hydrogen-bond donors (Lipinski definition) is 1. The van der Waals surface area contributed by atoms with E-state index < -0.39 is 5.67 Å². The maximum atomic E-state index is 14.7. The van der Waals surface area contributed by atoms with Crippen molar-refractivity contribution in [3.63, 3.8) is 0 Å². The maximum absolute atomic E-state index is 14.7. The Hall–Kier alpha value is -0.410. The summed E-state index contributed by atoms with van der Waals surface area (Å²) in [6, 6.07) is 7.47. The SMILES string of the molecule is CC(F)(c1ccccc1Br)C1CCCN1. The van der Waals surface area contributed by atoms with E-state index in [-0.39, 0.29) is 6.04 Å². The molecule has 1 N–H and O–H groups in total. The summed E-state index contributed by atoms with van der Waals surface area (Å²) in [7, 11) is 0. The van der Waals surface area contributed by atoms with Crippen LogP contribution in [0.2, 0.25) is 0 Å². The van der Waals surface area contributed by atoms with E-state index in [1.165, 1.54) is 0 Å². The summed E-state index contributed by atoms with van der Waals surface area (Å²) in [4.78, 5) is 0. The zero-order valence-corrected chi connectivity index (χ0v) is 10.3.